The third-order valence-electron chi connectivity index (χ3n) is 7.48. The molecule has 3 heteroatoms. The SMILES string of the molecule is CCCCCCCCCCCCCCCCCCCCCCCCCCC(=O)NC(CO)CCC. The highest BCUT2D eigenvalue weighted by Crippen LogP contribution is 2.15. The number of hydrogen-bond acceptors (Lipinski definition) is 2. The van der Waals surface area contributed by atoms with Crippen LogP contribution in [0.2, 0.25) is 0 Å². The van der Waals surface area contributed by atoms with Crippen molar-refractivity contribution in [2.75, 3.05) is 6.61 Å². The molecule has 0 aliphatic rings. The van der Waals surface area contributed by atoms with Gasteiger partial charge in [-0.05, 0) is 12.8 Å². The number of unbranched alkanes of at least 4 members (excludes halogenated alkanes) is 23. The molecule has 0 saturated carbocycles. The van der Waals surface area contributed by atoms with Gasteiger partial charge in [0, 0.05) is 6.42 Å². The van der Waals surface area contributed by atoms with Crippen molar-refractivity contribution in [3.63, 3.8) is 0 Å². The number of aliphatic hydroxyl groups is 1. The Morgan fingerprint density at radius 1 is 0.514 bits per heavy atom. The Morgan fingerprint density at radius 2 is 0.829 bits per heavy atom. The Labute approximate surface area is 221 Å². The normalized spacial score (nSPS) is 12.2. The van der Waals surface area contributed by atoms with Crippen LogP contribution in [0.5, 0.6) is 0 Å². The highest BCUT2D eigenvalue weighted by molar-refractivity contribution is 5.76. The lowest BCUT2D eigenvalue weighted by atomic mass is 10.0. The Balaban J connectivity index is 3.15. The first kappa shape index (κ1) is 34.4. The molecule has 0 aliphatic heterocycles. The molecule has 0 aromatic heterocycles. The van der Waals surface area contributed by atoms with Crippen molar-refractivity contribution >= 4 is 5.91 Å². The molecular weight excluding hydrogens is 430 g/mol. The van der Waals surface area contributed by atoms with Crippen LogP contribution in [0.3, 0.4) is 0 Å². The molecule has 1 unspecified atom stereocenters. The molecular formula is C32H65NO2. The van der Waals surface area contributed by atoms with Gasteiger partial charge in [-0.3, -0.25) is 4.79 Å². The summed E-state index contributed by atoms with van der Waals surface area (Å²) in [5.41, 5.74) is 0. The maximum atomic E-state index is 11.9. The number of aliphatic hydroxyl groups excluding tert-OH is 1. The summed E-state index contributed by atoms with van der Waals surface area (Å²) in [5, 5.41) is 12.2. The van der Waals surface area contributed by atoms with Gasteiger partial charge in [0.1, 0.15) is 0 Å². The quantitative estimate of drug-likeness (QED) is 0.101. The fourth-order valence-electron chi connectivity index (χ4n) is 5.11. The van der Waals surface area contributed by atoms with Gasteiger partial charge < -0.3 is 10.4 Å². The minimum atomic E-state index is -0.0538. The second kappa shape index (κ2) is 29.7. The summed E-state index contributed by atoms with van der Waals surface area (Å²) >= 11 is 0. The van der Waals surface area contributed by atoms with Gasteiger partial charge in [0.15, 0.2) is 0 Å². The fourth-order valence-corrected chi connectivity index (χ4v) is 5.11. The lowest BCUT2D eigenvalue weighted by Crippen LogP contribution is -2.37. The maximum absolute atomic E-state index is 11.9. The highest BCUT2D eigenvalue weighted by atomic mass is 16.3. The molecule has 1 amide bonds. The second-order valence-corrected chi connectivity index (χ2v) is 11.1. The van der Waals surface area contributed by atoms with Gasteiger partial charge in [0.05, 0.1) is 12.6 Å². The largest absolute Gasteiger partial charge is 0.394 e. The standard InChI is InChI=1S/C32H65NO2/c1-3-5-6-7-8-9-10-11-12-13-14-15-16-17-18-19-20-21-22-23-24-25-26-27-29-32(35)33-31(30-34)28-4-2/h31,34H,3-30H2,1-2H3,(H,33,35). The third kappa shape index (κ3) is 27.9. The number of carbonyl (C=O) groups excluding carboxylic acids is 1. The topological polar surface area (TPSA) is 49.3 Å². The molecule has 3 nitrogen and oxygen atoms in total. The Hall–Kier alpha value is -0.570. The van der Waals surface area contributed by atoms with Crippen molar-refractivity contribution in [2.24, 2.45) is 0 Å². The van der Waals surface area contributed by atoms with Crippen LogP contribution in [0.4, 0.5) is 0 Å². The van der Waals surface area contributed by atoms with Crippen molar-refractivity contribution in [1.29, 1.82) is 0 Å². The van der Waals surface area contributed by atoms with Gasteiger partial charge in [-0.25, -0.2) is 0 Å². The number of amides is 1. The van der Waals surface area contributed by atoms with E-state index in [-0.39, 0.29) is 18.6 Å². The average molecular weight is 496 g/mol. The molecule has 35 heavy (non-hydrogen) atoms. The Morgan fingerprint density at radius 3 is 1.11 bits per heavy atom. The van der Waals surface area contributed by atoms with E-state index in [1.165, 1.54) is 141 Å². The first-order valence-corrected chi connectivity index (χ1v) is 16.1. The molecule has 0 fully saturated rings. The fraction of sp³-hybridized carbons (Fsp3) is 0.969. The molecule has 210 valence electrons. The molecule has 0 heterocycles. The van der Waals surface area contributed by atoms with Crippen LogP contribution in [0.15, 0.2) is 0 Å². The van der Waals surface area contributed by atoms with Crippen molar-refractivity contribution in [1.82, 2.24) is 5.32 Å². The summed E-state index contributed by atoms with van der Waals surface area (Å²) in [6.07, 6.45) is 35.9. The van der Waals surface area contributed by atoms with E-state index < -0.39 is 0 Å². The van der Waals surface area contributed by atoms with Gasteiger partial charge >= 0.3 is 0 Å². The Bertz CT molecular complexity index is 412. The van der Waals surface area contributed by atoms with Crippen LogP contribution >= 0.6 is 0 Å². The van der Waals surface area contributed by atoms with E-state index in [0.717, 1.165) is 25.7 Å². The lowest BCUT2D eigenvalue weighted by molar-refractivity contribution is -0.122. The first-order chi connectivity index (χ1) is 17.2. The van der Waals surface area contributed by atoms with E-state index in [0.29, 0.717) is 6.42 Å². The molecule has 0 aliphatic carbocycles. The first-order valence-electron chi connectivity index (χ1n) is 16.1. The molecule has 0 rings (SSSR count). The summed E-state index contributed by atoms with van der Waals surface area (Å²) in [6.45, 7) is 4.43. The van der Waals surface area contributed by atoms with Crippen molar-refractivity contribution in [3.8, 4) is 0 Å². The lowest BCUT2D eigenvalue weighted by Gasteiger charge is -2.15. The molecule has 0 radical (unpaired) electrons. The summed E-state index contributed by atoms with van der Waals surface area (Å²) in [7, 11) is 0. The molecule has 0 aromatic carbocycles. The predicted octanol–water partition coefficient (Wildman–Crippen LogP) is 10.0. The number of hydrogen-bond donors (Lipinski definition) is 2. The minimum absolute atomic E-state index is 0.0538. The molecule has 0 saturated heterocycles. The zero-order valence-electron chi connectivity index (χ0n) is 24.2. The van der Waals surface area contributed by atoms with E-state index in [4.69, 9.17) is 0 Å². The predicted molar refractivity (Wildman–Crippen MR) is 155 cm³/mol. The smallest absolute Gasteiger partial charge is 0.220 e. The van der Waals surface area contributed by atoms with Crippen LogP contribution < -0.4 is 5.32 Å². The van der Waals surface area contributed by atoms with Gasteiger partial charge in [-0.1, -0.05) is 168 Å². The van der Waals surface area contributed by atoms with Crippen LogP contribution in [0.1, 0.15) is 187 Å². The molecule has 0 spiro atoms. The summed E-state index contributed by atoms with van der Waals surface area (Å²) in [5.74, 6) is 0.108. The monoisotopic (exact) mass is 496 g/mol. The van der Waals surface area contributed by atoms with Crippen LogP contribution in [-0.4, -0.2) is 23.7 Å². The zero-order valence-corrected chi connectivity index (χ0v) is 24.2. The van der Waals surface area contributed by atoms with Gasteiger partial charge in [0.2, 0.25) is 5.91 Å². The zero-order chi connectivity index (χ0) is 25.7. The minimum Gasteiger partial charge on any atom is -0.394 e. The molecule has 0 bridgehead atoms. The van der Waals surface area contributed by atoms with Crippen molar-refractivity contribution < 1.29 is 9.90 Å². The molecule has 0 aromatic rings. The Kier molecular flexibility index (Phi) is 29.2. The van der Waals surface area contributed by atoms with E-state index in [9.17, 15) is 9.90 Å². The van der Waals surface area contributed by atoms with Gasteiger partial charge in [-0.15, -0.1) is 0 Å². The summed E-state index contributed by atoms with van der Waals surface area (Å²) < 4.78 is 0. The van der Waals surface area contributed by atoms with Gasteiger partial charge in [0.25, 0.3) is 0 Å². The maximum Gasteiger partial charge on any atom is 0.220 e. The number of nitrogens with one attached hydrogen (secondary N) is 1. The van der Waals surface area contributed by atoms with Crippen molar-refractivity contribution in [3.05, 3.63) is 0 Å². The van der Waals surface area contributed by atoms with E-state index in [2.05, 4.69) is 19.2 Å². The highest BCUT2D eigenvalue weighted by Gasteiger charge is 2.09. The second-order valence-electron chi connectivity index (χ2n) is 11.1. The van der Waals surface area contributed by atoms with Crippen molar-refractivity contribution in [2.45, 2.75) is 193 Å². The average Bonchev–Trinajstić information content (AvgIpc) is 2.86. The molecule has 1 atom stereocenters. The van der Waals surface area contributed by atoms with Crippen LogP contribution in [0, 0.1) is 0 Å². The van der Waals surface area contributed by atoms with Crippen LogP contribution in [0.25, 0.3) is 0 Å². The van der Waals surface area contributed by atoms with E-state index >= 15 is 0 Å². The van der Waals surface area contributed by atoms with E-state index in [1.807, 2.05) is 0 Å². The number of carbonyl (C=O) groups is 1. The van der Waals surface area contributed by atoms with E-state index in [1.54, 1.807) is 0 Å². The van der Waals surface area contributed by atoms with Crippen LogP contribution in [-0.2, 0) is 4.79 Å². The summed E-state index contributed by atoms with van der Waals surface area (Å²) in [4.78, 5) is 11.9. The third-order valence-corrected chi connectivity index (χ3v) is 7.48. The summed E-state index contributed by atoms with van der Waals surface area (Å²) in [6, 6.07) is -0.0538. The molecule has 2 N–H and O–H groups in total. The van der Waals surface area contributed by atoms with Gasteiger partial charge in [-0.2, -0.15) is 0 Å². The number of rotatable bonds is 29.